The van der Waals surface area contributed by atoms with Gasteiger partial charge in [0.05, 0.1) is 23.7 Å². The Balaban J connectivity index is 1.57. The zero-order chi connectivity index (χ0) is 15.7. The quantitative estimate of drug-likeness (QED) is 0.871. The summed E-state index contributed by atoms with van der Waals surface area (Å²) < 4.78 is 5.90. The SMILES string of the molecule is Cc1nc(C)c(CC(=O)N(C)C[C@H]2Cc3ccccc3O2)s1. The molecule has 0 unspecified atom stereocenters. The number of fused-ring (bicyclic) bond motifs is 1. The normalized spacial score (nSPS) is 16.2. The number of para-hydroxylation sites is 1. The van der Waals surface area contributed by atoms with E-state index in [2.05, 4.69) is 11.1 Å². The van der Waals surface area contributed by atoms with Crippen LogP contribution in [-0.2, 0) is 17.6 Å². The minimum absolute atomic E-state index is 0.0515. The summed E-state index contributed by atoms with van der Waals surface area (Å²) in [6.45, 7) is 4.55. The number of aromatic nitrogens is 1. The number of hydrogen-bond acceptors (Lipinski definition) is 4. The maximum Gasteiger partial charge on any atom is 0.227 e. The number of carbonyl (C=O) groups is 1. The van der Waals surface area contributed by atoms with Gasteiger partial charge >= 0.3 is 0 Å². The van der Waals surface area contributed by atoms with Crippen LogP contribution in [0.15, 0.2) is 24.3 Å². The third-order valence-electron chi connectivity index (χ3n) is 3.93. The standard InChI is InChI=1S/C17H20N2O2S/c1-11-16(22-12(2)18-11)9-17(20)19(3)10-14-8-13-6-4-5-7-15(13)21-14/h4-7,14H,8-10H2,1-3H3/t14-/m1/s1. The number of aryl methyl sites for hydroxylation is 2. The van der Waals surface area contributed by atoms with Gasteiger partial charge in [-0.15, -0.1) is 11.3 Å². The topological polar surface area (TPSA) is 42.4 Å². The van der Waals surface area contributed by atoms with E-state index in [1.807, 2.05) is 39.1 Å². The van der Waals surface area contributed by atoms with Crippen LogP contribution in [0.3, 0.4) is 0 Å². The largest absolute Gasteiger partial charge is 0.488 e. The molecular weight excluding hydrogens is 296 g/mol. The maximum atomic E-state index is 12.4. The molecule has 0 radical (unpaired) electrons. The Morgan fingerprint density at radius 2 is 2.18 bits per heavy atom. The first kappa shape index (κ1) is 15.0. The molecule has 0 spiro atoms. The molecule has 0 fully saturated rings. The summed E-state index contributed by atoms with van der Waals surface area (Å²) in [5.74, 6) is 1.06. The van der Waals surface area contributed by atoms with Crippen LogP contribution in [0.25, 0.3) is 0 Å². The van der Waals surface area contributed by atoms with Crippen molar-refractivity contribution in [2.45, 2.75) is 32.8 Å². The number of likely N-dealkylation sites (N-methyl/N-ethyl adjacent to an activating group) is 1. The third-order valence-corrected chi connectivity index (χ3v) is 5.00. The second kappa shape index (κ2) is 6.08. The van der Waals surface area contributed by atoms with Crippen molar-refractivity contribution in [2.75, 3.05) is 13.6 Å². The van der Waals surface area contributed by atoms with Crippen molar-refractivity contribution in [3.8, 4) is 5.75 Å². The van der Waals surface area contributed by atoms with Crippen molar-refractivity contribution < 1.29 is 9.53 Å². The molecule has 4 nitrogen and oxygen atoms in total. The number of nitrogens with zero attached hydrogens (tertiary/aromatic N) is 2. The van der Waals surface area contributed by atoms with Gasteiger partial charge in [0.1, 0.15) is 11.9 Å². The van der Waals surface area contributed by atoms with Crippen LogP contribution in [0, 0.1) is 13.8 Å². The molecule has 0 N–H and O–H groups in total. The number of carbonyl (C=O) groups excluding carboxylic acids is 1. The molecule has 2 aromatic rings. The number of amides is 1. The smallest absolute Gasteiger partial charge is 0.227 e. The fourth-order valence-electron chi connectivity index (χ4n) is 2.77. The molecule has 1 aliphatic rings. The molecule has 0 saturated carbocycles. The van der Waals surface area contributed by atoms with E-state index >= 15 is 0 Å². The van der Waals surface area contributed by atoms with Crippen molar-refractivity contribution in [1.29, 1.82) is 0 Å². The summed E-state index contributed by atoms with van der Waals surface area (Å²) in [7, 11) is 1.85. The predicted molar refractivity (Wildman–Crippen MR) is 87.5 cm³/mol. The maximum absolute atomic E-state index is 12.4. The van der Waals surface area contributed by atoms with Crippen LogP contribution in [0.1, 0.15) is 21.1 Å². The Morgan fingerprint density at radius 3 is 2.86 bits per heavy atom. The van der Waals surface area contributed by atoms with Gasteiger partial charge < -0.3 is 9.64 Å². The lowest BCUT2D eigenvalue weighted by atomic mass is 10.1. The second-order valence-electron chi connectivity index (χ2n) is 5.74. The van der Waals surface area contributed by atoms with E-state index in [4.69, 9.17) is 4.74 Å². The first-order valence-corrected chi connectivity index (χ1v) is 8.26. The van der Waals surface area contributed by atoms with Crippen molar-refractivity contribution in [3.63, 3.8) is 0 Å². The van der Waals surface area contributed by atoms with Crippen molar-refractivity contribution in [3.05, 3.63) is 45.4 Å². The fourth-order valence-corrected chi connectivity index (χ4v) is 3.70. The second-order valence-corrected chi connectivity index (χ2v) is 7.03. The average Bonchev–Trinajstić information content (AvgIpc) is 3.01. The molecule has 0 saturated heterocycles. The van der Waals surface area contributed by atoms with Crippen molar-refractivity contribution >= 4 is 17.2 Å². The molecule has 5 heteroatoms. The molecule has 1 atom stereocenters. The highest BCUT2D eigenvalue weighted by atomic mass is 32.1. The Hall–Kier alpha value is -1.88. The van der Waals surface area contributed by atoms with Gasteiger partial charge in [0, 0.05) is 18.3 Å². The van der Waals surface area contributed by atoms with Crippen LogP contribution < -0.4 is 4.74 Å². The summed E-state index contributed by atoms with van der Waals surface area (Å²) in [6, 6.07) is 8.07. The zero-order valence-corrected chi connectivity index (χ0v) is 13.9. The molecular formula is C17H20N2O2S. The Kier molecular flexibility index (Phi) is 4.16. The van der Waals surface area contributed by atoms with E-state index in [1.165, 1.54) is 5.56 Å². The molecule has 1 amide bonds. The van der Waals surface area contributed by atoms with Gasteiger partial charge in [-0.3, -0.25) is 4.79 Å². The van der Waals surface area contributed by atoms with Crippen LogP contribution in [0.5, 0.6) is 5.75 Å². The molecule has 0 aliphatic carbocycles. The summed E-state index contributed by atoms with van der Waals surface area (Å²) in [4.78, 5) is 19.6. The molecule has 2 heterocycles. The number of rotatable bonds is 4. The average molecular weight is 316 g/mol. The molecule has 22 heavy (non-hydrogen) atoms. The first-order chi connectivity index (χ1) is 10.5. The van der Waals surface area contributed by atoms with Gasteiger partial charge in [0.25, 0.3) is 0 Å². The summed E-state index contributed by atoms with van der Waals surface area (Å²) in [5.41, 5.74) is 2.19. The number of ether oxygens (including phenoxy) is 1. The molecule has 3 rings (SSSR count). The Bertz CT molecular complexity index is 671. The van der Waals surface area contributed by atoms with Gasteiger partial charge in [-0.25, -0.2) is 4.98 Å². The van der Waals surface area contributed by atoms with Crippen molar-refractivity contribution in [2.24, 2.45) is 0 Å². The molecule has 116 valence electrons. The lowest BCUT2D eigenvalue weighted by Gasteiger charge is -2.21. The van der Waals surface area contributed by atoms with E-state index < -0.39 is 0 Å². The monoisotopic (exact) mass is 316 g/mol. The summed E-state index contributed by atoms with van der Waals surface area (Å²) in [5, 5.41) is 1.01. The predicted octanol–water partition coefficient (Wildman–Crippen LogP) is 2.76. The van der Waals surface area contributed by atoms with Gasteiger partial charge in [0.2, 0.25) is 5.91 Å². The number of thiazole rings is 1. The minimum Gasteiger partial charge on any atom is -0.488 e. The van der Waals surface area contributed by atoms with Gasteiger partial charge in [0.15, 0.2) is 0 Å². The van der Waals surface area contributed by atoms with E-state index in [0.29, 0.717) is 13.0 Å². The van der Waals surface area contributed by atoms with E-state index in [9.17, 15) is 4.79 Å². The fraction of sp³-hybridized carbons (Fsp3) is 0.412. The van der Waals surface area contributed by atoms with Crippen LogP contribution in [0.2, 0.25) is 0 Å². The van der Waals surface area contributed by atoms with Gasteiger partial charge in [-0.05, 0) is 25.5 Å². The van der Waals surface area contributed by atoms with Crippen molar-refractivity contribution in [1.82, 2.24) is 9.88 Å². The highest BCUT2D eigenvalue weighted by Crippen LogP contribution is 2.28. The van der Waals surface area contributed by atoms with E-state index in [0.717, 1.165) is 27.7 Å². The third kappa shape index (κ3) is 3.14. The first-order valence-electron chi connectivity index (χ1n) is 7.44. The molecule has 1 aromatic heterocycles. The molecule has 1 aromatic carbocycles. The highest BCUT2D eigenvalue weighted by molar-refractivity contribution is 7.11. The lowest BCUT2D eigenvalue weighted by Crippen LogP contribution is -2.37. The molecule has 1 aliphatic heterocycles. The van der Waals surface area contributed by atoms with Crippen LogP contribution in [0.4, 0.5) is 0 Å². The van der Waals surface area contributed by atoms with Gasteiger partial charge in [-0.2, -0.15) is 0 Å². The summed E-state index contributed by atoms with van der Waals surface area (Å²) in [6.07, 6.45) is 1.34. The van der Waals surface area contributed by atoms with Gasteiger partial charge in [-0.1, -0.05) is 18.2 Å². The summed E-state index contributed by atoms with van der Waals surface area (Å²) >= 11 is 1.60. The lowest BCUT2D eigenvalue weighted by molar-refractivity contribution is -0.130. The van der Waals surface area contributed by atoms with Crippen LogP contribution >= 0.6 is 11.3 Å². The van der Waals surface area contributed by atoms with Crippen LogP contribution in [-0.4, -0.2) is 35.5 Å². The molecule has 0 bridgehead atoms. The zero-order valence-electron chi connectivity index (χ0n) is 13.1. The minimum atomic E-state index is 0.0515. The Labute approximate surface area is 134 Å². The van der Waals surface area contributed by atoms with E-state index in [1.54, 1.807) is 16.2 Å². The Morgan fingerprint density at radius 1 is 1.41 bits per heavy atom. The van der Waals surface area contributed by atoms with E-state index in [-0.39, 0.29) is 12.0 Å². The highest BCUT2D eigenvalue weighted by Gasteiger charge is 2.25. The number of benzene rings is 1. The number of hydrogen-bond donors (Lipinski definition) is 0.